The number of aryl methyl sites for hydroxylation is 3. The van der Waals surface area contributed by atoms with Crippen molar-refractivity contribution in [3.63, 3.8) is 0 Å². The van der Waals surface area contributed by atoms with E-state index in [0.717, 1.165) is 79.9 Å². The number of rotatable bonds is 15. The summed E-state index contributed by atoms with van der Waals surface area (Å²) in [5.41, 5.74) is 19.4. The Morgan fingerprint density at radius 2 is 0.750 bits per heavy atom. The maximum atomic E-state index is 12.8. The fraction of sp³-hybridized carbons (Fsp3) is 0.464. The zero-order valence-electron chi connectivity index (χ0n) is 40.1. The standard InChI is InChI=1S/C56H75NO3/c1-31(2)40-27-42(33(5)6)52(43(28-40)34(7)8)50-25-38(14)23-48(55(50)58)46-21-37(13)22-47(54(46)57(16)19-18-20-60-17)49-24-39(15)26-51(56(49)59)53-44(35(9)10)29-41(32(3)4)30-45(53)36(11)12/h21-36,58-59H,18-20H2,1-17H3. The zero-order chi connectivity index (χ0) is 44.5. The summed E-state index contributed by atoms with van der Waals surface area (Å²) < 4.78 is 5.54. The average molecular weight is 810 g/mol. The van der Waals surface area contributed by atoms with Crippen LogP contribution in [0.5, 0.6) is 11.5 Å². The van der Waals surface area contributed by atoms with E-state index < -0.39 is 0 Å². The van der Waals surface area contributed by atoms with Crippen LogP contribution in [0.15, 0.2) is 60.7 Å². The Hall–Kier alpha value is -4.54. The van der Waals surface area contributed by atoms with E-state index in [-0.39, 0.29) is 35.2 Å². The number of ether oxygens (including phenoxy) is 1. The van der Waals surface area contributed by atoms with Crippen molar-refractivity contribution in [2.75, 3.05) is 32.2 Å². The van der Waals surface area contributed by atoms with Crippen LogP contribution in [0.1, 0.15) is 175 Å². The van der Waals surface area contributed by atoms with E-state index in [2.05, 4.69) is 176 Å². The third-order valence-corrected chi connectivity index (χ3v) is 12.4. The molecular formula is C56H75NO3. The molecule has 5 rings (SSSR count). The van der Waals surface area contributed by atoms with E-state index in [1.165, 1.54) is 33.4 Å². The Labute approximate surface area is 364 Å². The van der Waals surface area contributed by atoms with Gasteiger partial charge in [0, 0.05) is 60.7 Å². The molecule has 4 heteroatoms. The summed E-state index contributed by atoms with van der Waals surface area (Å²) in [4.78, 5) is 2.29. The molecule has 322 valence electrons. The molecule has 0 aromatic heterocycles. The van der Waals surface area contributed by atoms with E-state index in [4.69, 9.17) is 4.74 Å². The number of aromatic hydroxyl groups is 2. The summed E-state index contributed by atoms with van der Waals surface area (Å²) in [7, 11) is 3.88. The smallest absolute Gasteiger partial charge is 0.131 e. The Kier molecular flexibility index (Phi) is 14.7. The van der Waals surface area contributed by atoms with Crippen LogP contribution in [0, 0.1) is 20.8 Å². The van der Waals surface area contributed by atoms with Crippen LogP contribution in [-0.4, -0.2) is 37.5 Å². The quantitative estimate of drug-likeness (QED) is 0.103. The third kappa shape index (κ3) is 9.50. The molecule has 0 heterocycles. The number of phenolic OH excluding ortho intramolecular Hbond substituents is 2. The molecule has 0 amide bonds. The maximum Gasteiger partial charge on any atom is 0.131 e. The molecule has 0 aliphatic rings. The van der Waals surface area contributed by atoms with Crippen molar-refractivity contribution in [1.29, 1.82) is 0 Å². The predicted molar refractivity (Wildman–Crippen MR) is 260 cm³/mol. The van der Waals surface area contributed by atoms with E-state index in [9.17, 15) is 10.2 Å². The molecule has 0 saturated carbocycles. The molecule has 0 aliphatic carbocycles. The molecule has 5 aromatic rings. The summed E-state index contributed by atoms with van der Waals surface area (Å²) >= 11 is 0. The van der Waals surface area contributed by atoms with Crippen molar-refractivity contribution in [2.45, 2.75) is 146 Å². The fourth-order valence-electron chi connectivity index (χ4n) is 9.04. The van der Waals surface area contributed by atoms with Gasteiger partial charge in [0.2, 0.25) is 0 Å². The minimum Gasteiger partial charge on any atom is -0.507 e. The number of hydrogen-bond acceptors (Lipinski definition) is 4. The lowest BCUT2D eigenvalue weighted by molar-refractivity contribution is 0.196. The van der Waals surface area contributed by atoms with Gasteiger partial charge in [0.25, 0.3) is 0 Å². The maximum absolute atomic E-state index is 12.8. The highest BCUT2D eigenvalue weighted by molar-refractivity contribution is 5.99. The second-order valence-electron chi connectivity index (χ2n) is 19.5. The molecule has 60 heavy (non-hydrogen) atoms. The van der Waals surface area contributed by atoms with Gasteiger partial charge in [0.1, 0.15) is 11.5 Å². The van der Waals surface area contributed by atoms with Crippen LogP contribution in [-0.2, 0) is 4.74 Å². The molecule has 0 atom stereocenters. The van der Waals surface area contributed by atoms with Gasteiger partial charge in [0.15, 0.2) is 0 Å². The first-order valence-electron chi connectivity index (χ1n) is 22.6. The molecule has 0 aliphatic heterocycles. The largest absolute Gasteiger partial charge is 0.507 e. The number of anilines is 1. The van der Waals surface area contributed by atoms with Crippen LogP contribution < -0.4 is 4.90 Å². The first kappa shape index (κ1) is 46.5. The normalized spacial score (nSPS) is 12.1. The lowest BCUT2D eigenvalue weighted by Gasteiger charge is -2.29. The van der Waals surface area contributed by atoms with Crippen LogP contribution in [0.25, 0.3) is 44.5 Å². The van der Waals surface area contributed by atoms with Crippen LogP contribution in [0.4, 0.5) is 5.69 Å². The fourth-order valence-corrected chi connectivity index (χ4v) is 9.04. The Bertz CT molecular complexity index is 2110. The van der Waals surface area contributed by atoms with E-state index in [1.807, 2.05) is 0 Å². The van der Waals surface area contributed by atoms with Gasteiger partial charge < -0.3 is 19.8 Å². The summed E-state index contributed by atoms with van der Waals surface area (Å²) in [5, 5.41) is 25.6. The molecule has 0 spiro atoms. The summed E-state index contributed by atoms with van der Waals surface area (Å²) in [6, 6.07) is 22.5. The van der Waals surface area contributed by atoms with Crippen LogP contribution in [0.3, 0.4) is 0 Å². The summed E-state index contributed by atoms with van der Waals surface area (Å²) in [6.07, 6.45) is 0.825. The highest BCUT2D eigenvalue weighted by Gasteiger charge is 2.28. The van der Waals surface area contributed by atoms with Crippen molar-refractivity contribution in [2.24, 2.45) is 0 Å². The number of benzene rings is 5. The number of phenols is 2. The number of nitrogens with zero attached hydrogens (tertiary/aromatic N) is 1. The minimum absolute atomic E-state index is 0.264. The van der Waals surface area contributed by atoms with Gasteiger partial charge in [-0.3, -0.25) is 0 Å². The van der Waals surface area contributed by atoms with Gasteiger partial charge in [-0.15, -0.1) is 0 Å². The van der Waals surface area contributed by atoms with Crippen molar-refractivity contribution < 1.29 is 14.9 Å². The Morgan fingerprint density at radius 1 is 0.450 bits per heavy atom. The van der Waals surface area contributed by atoms with Crippen molar-refractivity contribution in [1.82, 2.24) is 0 Å². The molecule has 0 radical (unpaired) electrons. The molecule has 0 saturated heterocycles. The van der Waals surface area contributed by atoms with Gasteiger partial charge >= 0.3 is 0 Å². The van der Waals surface area contributed by atoms with Crippen molar-refractivity contribution in [3.8, 4) is 56.0 Å². The molecule has 5 aromatic carbocycles. The molecule has 0 bridgehead atoms. The molecule has 0 unspecified atom stereocenters. The molecule has 0 fully saturated rings. The number of hydrogen-bond donors (Lipinski definition) is 2. The highest BCUT2D eigenvalue weighted by atomic mass is 16.5. The van der Waals surface area contributed by atoms with Gasteiger partial charge in [-0.05, 0) is 160 Å². The lowest BCUT2D eigenvalue weighted by Crippen LogP contribution is -2.21. The monoisotopic (exact) mass is 810 g/mol. The van der Waals surface area contributed by atoms with Gasteiger partial charge in [0.05, 0.1) is 5.69 Å². The number of methoxy groups -OCH3 is 1. The van der Waals surface area contributed by atoms with Gasteiger partial charge in [-0.1, -0.05) is 107 Å². The Morgan fingerprint density at radius 3 is 1.03 bits per heavy atom. The second kappa shape index (κ2) is 19.0. The molecule has 2 N–H and O–H groups in total. The van der Waals surface area contributed by atoms with Gasteiger partial charge in [-0.25, -0.2) is 0 Å². The zero-order valence-corrected chi connectivity index (χ0v) is 40.1. The van der Waals surface area contributed by atoms with E-state index in [1.54, 1.807) is 7.11 Å². The summed E-state index contributed by atoms with van der Waals surface area (Å²) in [6.45, 7) is 34.9. The summed E-state index contributed by atoms with van der Waals surface area (Å²) in [5.74, 6) is 2.41. The highest BCUT2D eigenvalue weighted by Crippen LogP contribution is 2.52. The molecule has 4 nitrogen and oxygen atoms in total. The average Bonchev–Trinajstić information content (AvgIpc) is 3.17. The first-order chi connectivity index (χ1) is 28.2. The Balaban J connectivity index is 1.91. The van der Waals surface area contributed by atoms with Crippen LogP contribution in [0.2, 0.25) is 0 Å². The van der Waals surface area contributed by atoms with Crippen molar-refractivity contribution >= 4 is 5.69 Å². The SMILES string of the molecule is COCCCN(C)c1c(-c2cc(C)cc(-c3c(C(C)C)cc(C(C)C)cc3C(C)C)c2O)cc(C)cc1-c1cc(C)cc(-c2c(C(C)C)cc(C(C)C)cc2C(C)C)c1O. The lowest BCUT2D eigenvalue weighted by atomic mass is 9.79. The van der Waals surface area contributed by atoms with Crippen LogP contribution >= 0.6 is 0 Å². The van der Waals surface area contributed by atoms with Gasteiger partial charge in [-0.2, -0.15) is 0 Å². The second-order valence-corrected chi connectivity index (χ2v) is 19.5. The topological polar surface area (TPSA) is 52.9 Å². The van der Waals surface area contributed by atoms with E-state index in [0.29, 0.717) is 18.4 Å². The first-order valence-corrected chi connectivity index (χ1v) is 22.6. The van der Waals surface area contributed by atoms with Crippen molar-refractivity contribution in [3.05, 3.63) is 111 Å². The van der Waals surface area contributed by atoms with E-state index >= 15 is 0 Å². The third-order valence-electron chi connectivity index (χ3n) is 12.4. The molecular weight excluding hydrogens is 735 g/mol. The predicted octanol–water partition coefficient (Wildman–Crippen LogP) is 15.9. The minimum atomic E-state index is 0.264.